The second kappa shape index (κ2) is 7.38. The highest BCUT2D eigenvalue weighted by atomic mass is 16.5. The largest absolute Gasteiger partial charge is 0.381 e. The number of benzene rings is 1. The molecule has 4 nitrogen and oxygen atoms in total. The van der Waals surface area contributed by atoms with Crippen LogP contribution in [-0.4, -0.2) is 30.6 Å². The Morgan fingerprint density at radius 1 is 1.30 bits per heavy atom. The molecule has 2 aromatic rings. The molecule has 1 amide bonds. The molecule has 120 valence electrons. The smallest absolute Gasteiger partial charge is 0.251 e. The average Bonchev–Trinajstić information content (AvgIpc) is 3.08. The first-order chi connectivity index (χ1) is 11.2. The van der Waals surface area contributed by atoms with E-state index in [1.807, 2.05) is 43.3 Å². The highest BCUT2D eigenvalue weighted by Gasteiger charge is 2.15. The van der Waals surface area contributed by atoms with Crippen LogP contribution in [0.15, 0.2) is 42.6 Å². The SMILES string of the molecule is Cc1cc(-c2cccc(C(=O)NCC[C@H]3CCOC3)c2)ccn1. The molecule has 4 heteroatoms. The second-order valence-corrected chi connectivity index (χ2v) is 6.04. The molecule has 1 aliphatic heterocycles. The Morgan fingerprint density at radius 3 is 2.96 bits per heavy atom. The minimum atomic E-state index is -0.0171. The third kappa shape index (κ3) is 4.17. The highest BCUT2D eigenvalue weighted by molar-refractivity contribution is 5.95. The van der Waals surface area contributed by atoms with E-state index in [2.05, 4.69) is 10.3 Å². The number of carbonyl (C=O) groups excluding carboxylic acids is 1. The summed E-state index contributed by atoms with van der Waals surface area (Å²) in [5.41, 5.74) is 3.78. The molecule has 3 rings (SSSR count). The van der Waals surface area contributed by atoms with Crippen LogP contribution in [0.3, 0.4) is 0 Å². The number of nitrogens with zero attached hydrogens (tertiary/aromatic N) is 1. The first kappa shape index (κ1) is 15.7. The van der Waals surface area contributed by atoms with Crippen molar-refractivity contribution in [1.82, 2.24) is 10.3 Å². The Labute approximate surface area is 136 Å². The van der Waals surface area contributed by atoms with Crippen molar-refractivity contribution in [3.8, 4) is 11.1 Å². The number of aryl methyl sites for hydroxylation is 1. The molecule has 1 N–H and O–H groups in total. The van der Waals surface area contributed by atoms with Gasteiger partial charge in [-0.3, -0.25) is 9.78 Å². The van der Waals surface area contributed by atoms with E-state index in [1.165, 1.54) is 0 Å². The zero-order valence-corrected chi connectivity index (χ0v) is 13.4. The molecule has 1 fully saturated rings. The van der Waals surface area contributed by atoms with E-state index < -0.39 is 0 Å². The Morgan fingerprint density at radius 2 is 2.17 bits per heavy atom. The van der Waals surface area contributed by atoms with Crippen molar-refractivity contribution in [2.24, 2.45) is 5.92 Å². The standard InChI is InChI=1S/C19H22N2O2/c1-14-11-17(6-9-20-14)16-3-2-4-18(12-16)19(22)21-8-5-15-7-10-23-13-15/h2-4,6,9,11-12,15H,5,7-8,10,13H2,1H3,(H,21,22)/t15-/m0/s1. The molecule has 1 aliphatic rings. The third-order valence-electron chi connectivity index (χ3n) is 4.22. The van der Waals surface area contributed by atoms with Crippen molar-refractivity contribution in [1.29, 1.82) is 0 Å². The summed E-state index contributed by atoms with van der Waals surface area (Å²) in [5, 5.41) is 3.01. The molecule has 1 aromatic carbocycles. The number of aromatic nitrogens is 1. The van der Waals surface area contributed by atoms with Crippen LogP contribution in [0, 0.1) is 12.8 Å². The normalized spacial score (nSPS) is 17.2. The van der Waals surface area contributed by atoms with Crippen LogP contribution in [0.5, 0.6) is 0 Å². The first-order valence-corrected chi connectivity index (χ1v) is 8.11. The monoisotopic (exact) mass is 310 g/mol. The molecule has 0 aliphatic carbocycles. The van der Waals surface area contributed by atoms with Crippen LogP contribution >= 0.6 is 0 Å². The summed E-state index contributed by atoms with van der Waals surface area (Å²) in [6, 6.07) is 11.7. The average molecular weight is 310 g/mol. The van der Waals surface area contributed by atoms with E-state index in [0.29, 0.717) is 18.0 Å². The van der Waals surface area contributed by atoms with E-state index in [0.717, 1.165) is 42.9 Å². The second-order valence-electron chi connectivity index (χ2n) is 6.04. The van der Waals surface area contributed by atoms with Crippen molar-refractivity contribution in [3.05, 3.63) is 53.9 Å². The van der Waals surface area contributed by atoms with Crippen LogP contribution < -0.4 is 5.32 Å². The zero-order valence-electron chi connectivity index (χ0n) is 13.4. The van der Waals surface area contributed by atoms with Crippen molar-refractivity contribution in [2.45, 2.75) is 19.8 Å². The van der Waals surface area contributed by atoms with Crippen LogP contribution in [0.4, 0.5) is 0 Å². The minimum absolute atomic E-state index is 0.0171. The lowest BCUT2D eigenvalue weighted by Crippen LogP contribution is -2.26. The number of pyridine rings is 1. The summed E-state index contributed by atoms with van der Waals surface area (Å²) < 4.78 is 5.36. The number of hydrogen-bond acceptors (Lipinski definition) is 3. The number of amides is 1. The third-order valence-corrected chi connectivity index (χ3v) is 4.22. The number of carbonyl (C=O) groups is 1. The van der Waals surface area contributed by atoms with E-state index in [9.17, 15) is 4.79 Å². The molecule has 1 aromatic heterocycles. The summed E-state index contributed by atoms with van der Waals surface area (Å²) in [6.45, 7) is 4.34. The van der Waals surface area contributed by atoms with Gasteiger partial charge in [0.1, 0.15) is 0 Å². The molecule has 2 heterocycles. The fourth-order valence-corrected chi connectivity index (χ4v) is 2.87. The molecule has 0 saturated carbocycles. The maximum atomic E-state index is 12.3. The van der Waals surface area contributed by atoms with Gasteiger partial charge in [0.15, 0.2) is 0 Å². The molecule has 23 heavy (non-hydrogen) atoms. The highest BCUT2D eigenvalue weighted by Crippen LogP contribution is 2.21. The van der Waals surface area contributed by atoms with Gasteiger partial charge in [-0.2, -0.15) is 0 Å². The lowest BCUT2D eigenvalue weighted by molar-refractivity contribution is 0.0950. The predicted molar refractivity (Wildman–Crippen MR) is 90.3 cm³/mol. The van der Waals surface area contributed by atoms with Gasteiger partial charge >= 0.3 is 0 Å². The summed E-state index contributed by atoms with van der Waals surface area (Å²) in [5.74, 6) is 0.568. The van der Waals surface area contributed by atoms with Gasteiger partial charge in [0, 0.05) is 37.2 Å². The Kier molecular flexibility index (Phi) is 5.03. The van der Waals surface area contributed by atoms with Gasteiger partial charge in [-0.15, -0.1) is 0 Å². The van der Waals surface area contributed by atoms with Crippen molar-refractivity contribution in [2.75, 3.05) is 19.8 Å². The maximum absolute atomic E-state index is 12.3. The van der Waals surface area contributed by atoms with Gasteiger partial charge in [0.2, 0.25) is 0 Å². The fraction of sp³-hybridized carbons (Fsp3) is 0.368. The summed E-state index contributed by atoms with van der Waals surface area (Å²) >= 11 is 0. The van der Waals surface area contributed by atoms with Crippen LogP contribution in [0.25, 0.3) is 11.1 Å². The van der Waals surface area contributed by atoms with E-state index in [4.69, 9.17) is 4.74 Å². The van der Waals surface area contributed by atoms with Gasteiger partial charge in [0.25, 0.3) is 5.91 Å². The molecule has 0 bridgehead atoms. The Balaban J connectivity index is 1.63. The molecule has 0 unspecified atom stereocenters. The van der Waals surface area contributed by atoms with Crippen LogP contribution in [-0.2, 0) is 4.74 Å². The minimum Gasteiger partial charge on any atom is -0.381 e. The number of hydrogen-bond donors (Lipinski definition) is 1. The van der Waals surface area contributed by atoms with Crippen LogP contribution in [0.2, 0.25) is 0 Å². The molecular weight excluding hydrogens is 288 g/mol. The fourth-order valence-electron chi connectivity index (χ4n) is 2.87. The van der Waals surface area contributed by atoms with Crippen molar-refractivity contribution < 1.29 is 9.53 Å². The van der Waals surface area contributed by atoms with Gasteiger partial charge in [0.05, 0.1) is 0 Å². The topological polar surface area (TPSA) is 51.2 Å². The zero-order chi connectivity index (χ0) is 16.1. The lowest BCUT2D eigenvalue weighted by Gasteiger charge is -2.10. The van der Waals surface area contributed by atoms with Crippen molar-refractivity contribution >= 4 is 5.91 Å². The van der Waals surface area contributed by atoms with E-state index in [1.54, 1.807) is 6.20 Å². The van der Waals surface area contributed by atoms with Gasteiger partial charge < -0.3 is 10.1 Å². The van der Waals surface area contributed by atoms with Gasteiger partial charge in [-0.1, -0.05) is 12.1 Å². The molecule has 0 spiro atoms. The van der Waals surface area contributed by atoms with Gasteiger partial charge in [-0.25, -0.2) is 0 Å². The molecule has 1 saturated heterocycles. The summed E-state index contributed by atoms with van der Waals surface area (Å²) in [4.78, 5) is 16.5. The first-order valence-electron chi connectivity index (χ1n) is 8.11. The summed E-state index contributed by atoms with van der Waals surface area (Å²) in [7, 11) is 0. The summed E-state index contributed by atoms with van der Waals surface area (Å²) in [6.07, 6.45) is 3.88. The number of rotatable bonds is 5. The number of ether oxygens (including phenoxy) is 1. The number of nitrogens with one attached hydrogen (secondary N) is 1. The lowest BCUT2D eigenvalue weighted by atomic mass is 10.0. The molecular formula is C19H22N2O2. The van der Waals surface area contributed by atoms with E-state index in [-0.39, 0.29) is 5.91 Å². The Bertz CT molecular complexity index is 679. The molecule has 1 atom stereocenters. The Hall–Kier alpha value is -2.20. The van der Waals surface area contributed by atoms with Crippen molar-refractivity contribution in [3.63, 3.8) is 0 Å². The quantitative estimate of drug-likeness (QED) is 0.922. The predicted octanol–water partition coefficient (Wildman–Crippen LogP) is 3.21. The van der Waals surface area contributed by atoms with E-state index >= 15 is 0 Å². The van der Waals surface area contributed by atoms with Gasteiger partial charge in [-0.05, 0) is 61.1 Å². The van der Waals surface area contributed by atoms with Crippen LogP contribution in [0.1, 0.15) is 28.9 Å². The maximum Gasteiger partial charge on any atom is 0.251 e. The molecule has 0 radical (unpaired) electrons.